The highest BCUT2D eigenvalue weighted by Gasteiger charge is 2.48. The summed E-state index contributed by atoms with van der Waals surface area (Å²) in [4.78, 5) is 25.7. The van der Waals surface area contributed by atoms with Crippen molar-refractivity contribution in [2.45, 2.75) is 43.8 Å². The highest BCUT2D eigenvalue weighted by Crippen LogP contribution is 2.47. The Morgan fingerprint density at radius 2 is 1.83 bits per heavy atom. The Hall–Kier alpha value is -2.10. The van der Waals surface area contributed by atoms with E-state index < -0.39 is 58.6 Å². The second kappa shape index (κ2) is 8.56. The van der Waals surface area contributed by atoms with Gasteiger partial charge in [0.25, 0.3) is 0 Å². The number of alkyl halides is 3. The molecule has 11 heteroatoms. The van der Waals surface area contributed by atoms with Crippen molar-refractivity contribution in [2.75, 3.05) is 13.1 Å². The molecule has 1 aliphatic carbocycles. The zero-order valence-electron chi connectivity index (χ0n) is 15.8. The van der Waals surface area contributed by atoms with Crippen LogP contribution in [-0.2, 0) is 4.79 Å². The van der Waals surface area contributed by atoms with Crippen molar-refractivity contribution >= 4 is 23.5 Å². The molecule has 166 valence electrons. The lowest BCUT2D eigenvalue weighted by Gasteiger charge is -2.43. The molecule has 0 radical (unpaired) electrons. The highest BCUT2D eigenvalue weighted by molar-refractivity contribution is 6.31. The van der Waals surface area contributed by atoms with E-state index in [-0.39, 0.29) is 44.3 Å². The van der Waals surface area contributed by atoms with Crippen molar-refractivity contribution in [3.8, 4) is 0 Å². The minimum atomic E-state index is -4.34. The average molecular weight is 454 g/mol. The van der Waals surface area contributed by atoms with E-state index in [2.05, 4.69) is 5.32 Å². The lowest BCUT2D eigenvalue weighted by atomic mass is 9.70. The monoisotopic (exact) mass is 453 g/mol. The molecule has 2 atom stereocenters. The third-order valence-electron chi connectivity index (χ3n) is 6.05. The van der Waals surface area contributed by atoms with Gasteiger partial charge < -0.3 is 16.0 Å². The first-order valence-electron chi connectivity index (χ1n) is 9.56. The molecule has 3 amide bonds. The molecule has 5 nitrogen and oxygen atoms in total. The number of nitrogens with zero attached hydrogens (tertiary/aromatic N) is 1. The Labute approximate surface area is 174 Å². The highest BCUT2D eigenvalue weighted by atomic mass is 35.5. The van der Waals surface area contributed by atoms with Gasteiger partial charge in [0.1, 0.15) is 22.7 Å². The number of hydrogen-bond acceptors (Lipinski definition) is 2. The number of carbonyl (C=O) groups is 2. The maximum atomic E-state index is 14.9. The summed E-state index contributed by atoms with van der Waals surface area (Å²) in [5.41, 5.74) is 5.29. The number of urea groups is 1. The quantitative estimate of drug-likeness (QED) is 0.537. The fraction of sp³-hybridized carbons (Fsp3) is 0.579. The number of rotatable bonds is 3. The van der Waals surface area contributed by atoms with E-state index in [1.807, 2.05) is 0 Å². The second-order valence-electron chi connectivity index (χ2n) is 7.71. The SMILES string of the molecule is NC(=O)N1CCNC(=O)C1[C@H](c1ccc(F)c(Cl)c1F)C1CCC(C(F)(F)F)CC1. The van der Waals surface area contributed by atoms with Crippen molar-refractivity contribution in [2.24, 2.45) is 17.6 Å². The van der Waals surface area contributed by atoms with Gasteiger partial charge in [-0.25, -0.2) is 13.6 Å². The van der Waals surface area contributed by atoms with Crippen molar-refractivity contribution in [3.63, 3.8) is 0 Å². The molecule has 0 bridgehead atoms. The first-order valence-corrected chi connectivity index (χ1v) is 9.94. The summed E-state index contributed by atoms with van der Waals surface area (Å²) in [5, 5.41) is 1.81. The van der Waals surface area contributed by atoms with E-state index in [9.17, 15) is 31.5 Å². The second-order valence-corrected chi connectivity index (χ2v) is 8.09. The van der Waals surface area contributed by atoms with Gasteiger partial charge in [-0.05, 0) is 43.2 Å². The molecule has 30 heavy (non-hydrogen) atoms. The van der Waals surface area contributed by atoms with Crippen molar-refractivity contribution in [1.29, 1.82) is 0 Å². The van der Waals surface area contributed by atoms with Crippen LogP contribution >= 0.6 is 11.6 Å². The Morgan fingerprint density at radius 3 is 2.40 bits per heavy atom. The molecule has 3 N–H and O–H groups in total. The molecule has 0 spiro atoms. The fourth-order valence-corrected chi connectivity index (χ4v) is 4.75. The first-order chi connectivity index (χ1) is 14.0. The van der Waals surface area contributed by atoms with E-state index in [0.717, 1.165) is 17.0 Å². The Balaban J connectivity index is 2.03. The summed E-state index contributed by atoms with van der Waals surface area (Å²) in [7, 11) is 0. The lowest BCUT2D eigenvalue weighted by Crippen LogP contribution is -2.61. The number of carbonyl (C=O) groups excluding carboxylic acids is 2. The summed E-state index contributed by atoms with van der Waals surface area (Å²) in [5.74, 6) is -5.76. The van der Waals surface area contributed by atoms with Gasteiger partial charge in [0.2, 0.25) is 5.91 Å². The molecule has 1 aromatic carbocycles. The molecule has 2 fully saturated rings. The summed E-state index contributed by atoms with van der Waals surface area (Å²) >= 11 is 5.72. The third kappa shape index (κ3) is 4.33. The van der Waals surface area contributed by atoms with Crippen LogP contribution in [0.15, 0.2) is 12.1 Å². The van der Waals surface area contributed by atoms with Gasteiger partial charge >= 0.3 is 12.2 Å². The molecule has 1 saturated heterocycles. The van der Waals surface area contributed by atoms with E-state index in [1.54, 1.807) is 0 Å². The molecular formula is C19H21ClF5N3O2. The van der Waals surface area contributed by atoms with Gasteiger partial charge in [-0.1, -0.05) is 17.7 Å². The zero-order chi connectivity index (χ0) is 22.2. The summed E-state index contributed by atoms with van der Waals surface area (Å²) < 4.78 is 67.9. The van der Waals surface area contributed by atoms with Crippen molar-refractivity contribution in [1.82, 2.24) is 10.2 Å². The summed E-state index contributed by atoms with van der Waals surface area (Å²) in [6, 6.07) is -0.0834. The van der Waals surface area contributed by atoms with Gasteiger partial charge in [0, 0.05) is 19.0 Å². The van der Waals surface area contributed by atoms with Gasteiger partial charge in [0.05, 0.1) is 5.92 Å². The predicted molar refractivity (Wildman–Crippen MR) is 98.7 cm³/mol. The fourth-order valence-electron chi connectivity index (χ4n) is 4.57. The molecule has 1 aliphatic heterocycles. The van der Waals surface area contributed by atoms with Crippen LogP contribution in [0.5, 0.6) is 0 Å². The van der Waals surface area contributed by atoms with Gasteiger partial charge in [-0.15, -0.1) is 0 Å². The van der Waals surface area contributed by atoms with Crippen LogP contribution in [0.25, 0.3) is 0 Å². The zero-order valence-corrected chi connectivity index (χ0v) is 16.6. The van der Waals surface area contributed by atoms with Crippen molar-refractivity contribution in [3.05, 3.63) is 34.4 Å². The number of piperazine rings is 1. The van der Waals surface area contributed by atoms with Crippen LogP contribution < -0.4 is 11.1 Å². The lowest BCUT2D eigenvalue weighted by molar-refractivity contribution is -0.184. The summed E-state index contributed by atoms with van der Waals surface area (Å²) in [6.45, 7) is 0.204. The third-order valence-corrected chi connectivity index (χ3v) is 6.39. The molecule has 0 aromatic heterocycles. The molecule has 3 rings (SSSR count). The van der Waals surface area contributed by atoms with Crippen LogP contribution in [-0.4, -0.2) is 42.1 Å². The number of primary amides is 1. The van der Waals surface area contributed by atoms with E-state index in [1.165, 1.54) is 0 Å². The smallest absolute Gasteiger partial charge is 0.353 e. The molecule has 1 saturated carbocycles. The molecule has 1 heterocycles. The number of nitrogens with two attached hydrogens (primary N) is 1. The summed E-state index contributed by atoms with van der Waals surface area (Å²) in [6.07, 6.45) is -4.61. The molecule has 2 aliphatic rings. The number of amides is 3. The molecular weight excluding hydrogens is 433 g/mol. The molecule has 1 aromatic rings. The first kappa shape index (κ1) is 22.6. The van der Waals surface area contributed by atoms with Crippen molar-refractivity contribution < 1.29 is 31.5 Å². The van der Waals surface area contributed by atoms with Gasteiger partial charge in [-0.2, -0.15) is 13.2 Å². The topological polar surface area (TPSA) is 75.4 Å². The van der Waals surface area contributed by atoms with Crippen LogP contribution in [0.1, 0.15) is 37.2 Å². The number of nitrogens with one attached hydrogen (secondary N) is 1. The average Bonchev–Trinajstić information content (AvgIpc) is 2.68. The maximum absolute atomic E-state index is 14.9. The van der Waals surface area contributed by atoms with E-state index in [4.69, 9.17) is 17.3 Å². The number of halogens is 6. The van der Waals surface area contributed by atoms with Crippen LogP contribution in [0.2, 0.25) is 5.02 Å². The largest absolute Gasteiger partial charge is 0.391 e. The Morgan fingerprint density at radius 1 is 1.20 bits per heavy atom. The number of hydrogen-bond donors (Lipinski definition) is 2. The van der Waals surface area contributed by atoms with Crippen LogP contribution in [0.4, 0.5) is 26.7 Å². The van der Waals surface area contributed by atoms with E-state index >= 15 is 0 Å². The maximum Gasteiger partial charge on any atom is 0.391 e. The van der Waals surface area contributed by atoms with Crippen LogP contribution in [0, 0.1) is 23.5 Å². The van der Waals surface area contributed by atoms with E-state index in [0.29, 0.717) is 0 Å². The van der Waals surface area contributed by atoms with Gasteiger partial charge in [0.15, 0.2) is 0 Å². The van der Waals surface area contributed by atoms with Gasteiger partial charge in [-0.3, -0.25) is 4.79 Å². The standard InChI is InChI=1S/C19H21ClF5N3O2/c20-14-12(21)6-5-11(15(14)22)13(9-1-3-10(4-2-9)19(23,24)25)16-17(29)27-7-8-28(16)18(26)30/h5-6,9-10,13,16H,1-4,7-8H2,(H2,26,30)(H,27,29)/t9?,10?,13-,16?/m0/s1. The van der Waals surface area contributed by atoms with Crippen LogP contribution in [0.3, 0.4) is 0 Å². The minimum absolute atomic E-state index is 0.0552. The predicted octanol–water partition coefficient (Wildman–Crippen LogP) is 3.95. The minimum Gasteiger partial charge on any atom is -0.353 e. The Bertz CT molecular complexity index is 827. The normalized spacial score (nSPS) is 26.3. The number of benzene rings is 1. The molecule has 1 unspecified atom stereocenters. The Kier molecular flexibility index (Phi) is 6.45.